The van der Waals surface area contributed by atoms with Crippen LogP contribution in [-0.2, 0) is 4.74 Å². The zero-order valence-electron chi connectivity index (χ0n) is 9.86. The monoisotopic (exact) mass is 300 g/mol. The van der Waals surface area contributed by atoms with E-state index in [4.69, 9.17) is 9.47 Å². The van der Waals surface area contributed by atoms with Crippen molar-refractivity contribution in [1.82, 2.24) is 0 Å². The van der Waals surface area contributed by atoms with Gasteiger partial charge in [-0.2, -0.15) is 0 Å². The summed E-state index contributed by atoms with van der Waals surface area (Å²) in [5.74, 6) is 1.02. The zero-order valence-corrected chi connectivity index (χ0v) is 11.4. The molecular weight excluding hydrogens is 284 g/mol. The average molecular weight is 301 g/mol. The maximum Gasteiger partial charge on any atom is 0.120 e. The number of halogens is 1. The zero-order chi connectivity index (χ0) is 12.3. The SMILES string of the molecule is CCOc1ccc(C(O)C2CCOC2)c(Br)c1. The molecule has 17 heavy (non-hydrogen) atoms. The summed E-state index contributed by atoms with van der Waals surface area (Å²) in [4.78, 5) is 0. The van der Waals surface area contributed by atoms with Crippen LogP contribution < -0.4 is 4.74 Å². The van der Waals surface area contributed by atoms with Crippen LogP contribution in [0.5, 0.6) is 5.75 Å². The molecule has 0 aromatic heterocycles. The van der Waals surface area contributed by atoms with E-state index in [9.17, 15) is 5.11 Å². The van der Waals surface area contributed by atoms with Gasteiger partial charge in [0.25, 0.3) is 0 Å². The van der Waals surface area contributed by atoms with E-state index in [1.807, 2.05) is 25.1 Å². The lowest BCUT2D eigenvalue weighted by Gasteiger charge is -2.18. The topological polar surface area (TPSA) is 38.7 Å². The molecule has 1 aromatic rings. The minimum absolute atomic E-state index is 0.198. The fourth-order valence-corrected chi connectivity index (χ4v) is 2.65. The van der Waals surface area contributed by atoms with Crippen molar-refractivity contribution in [2.75, 3.05) is 19.8 Å². The maximum absolute atomic E-state index is 10.3. The molecule has 1 aromatic carbocycles. The molecular formula is C13H17BrO3. The maximum atomic E-state index is 10.3. The van der Waals surface area contributed by atoms with Gasteiger partial charge < -0.3 is 14.6 Å². The third-order valence-electron chi connectivity index (χ3n) is 3.01. The Hall–Kier alpha value is -0.580. The van der Waals surface area contributed by atoms with Crippen LogP contribution in [0.1, 0.15) is 25.0 Å². The predicted octanol–water partition coefficient (Wildman–Crippen LogP) is 2.92. The Morgan fingerprint density at radius 1 is 1.59 bits per heavy atom. The Balaban J connectivity index is 2.14. The summed E-state index contributed by atoms with van der Waals surface area (Å²) in [5.41, 5.74) is 0.906. The van der Waals surface area contributed by atoms with Crippen LogP contribution in [0.25, 0.3) is 0 Å². The van der Waals surface area contributed by atoms with Gasteiger partial charge >= 0.3 is 0 Å². The minimum atomic E-state index is -0.470. The standard InChI is InChI=1S/C13H17BrO3/c1-2-17-10-3-4-11(12(14)7-10)13(15)9-5-6-16-8-9/h3-4,7,9,13,15H,2,5-6,8H2,1H3. The summed E-state index contributed by atoms with van der Waals surface area (Å²) in [7, 11) is 0. The van der Waals surface area contributed by atoms with E-state index >= 15 is 0 Å². The van der Waals surface area contributed by atoms with E-state index in [1.165, 1.54) is 0 Å². The molecule has 94 valence electrons. The molecule has 2 atom stereocenters. The van der Waals surface area contributed by atoms with Gasteiger partial charge in [0.2, 0.25) is 0 Å². The average Bonchev–Trinajstić information content (AvgIpc) is 2.82. The fraction of sp³-hybridized carbons (Fsp3) is 0.538. The first-order valence-corrected chi connectivity index (χ1v) is 6.69. The van der Waals surface area contributed by atoms with E-state index in [0.29, 0.717) is 13.2 Å². The van der Waals surface area contributed by atoms with Crippen molar-refractivity contribution in [3.8, 4) is 5.75 Å². The van der Waals surface area contributed by atoms with Crippen molar-refractivity contribution in [2.24, 2.45) is 5.92 Å². The Bertz CT molecular complexity index is 375. The number of benzene rings is 1. The van der Waals surface area contributed by atoms with Crippen LogP contribution >= 0.6 is 15.9 Å². The molecule has 1 heterocycles. The Labute approximate surface area is 110 Å². The molecule has 1 N–H and O–H groups in total. The van der Waals surface area contributed by atoms with E-state index in [-0.39, 0.29) is 5.92 Å². The molecule has 0 radical (unpaired) electrons. The number of ether oxygens (including phenoxy) is 2. The Morgan fingerprint density at radius 3 is 3.00 bits per heavy atom. The summed E-state index contributed by atoms with van der Waals surface area (Å²) >= 11 is 3.48. The molecule has 2 unspecified atom stereocenters. The summed E-state index contributed by atoms with van der Waals surface area (Å²) in [6.45, 7) is 3.98. The van der Waals surface area contributed by atoms with Gasteiger partial charge in [-0.1, -0.05) is 22.0 Å². The van der Waals surface area contributed by atoms with Gasteiger partial charge in [-0.3, -0.25) is 0 Å². The number of aliphatic hydroxyl groups excluding tert-OH is 1. The van der Waals surface area contributed by atoms with Crippen molar-refractivity contribution in [3.05, 3.63) is 28.2 Å². The van der Waals surface area contributed by atoms with Gasteiger partial charge in [0.05, 0.1) is 19.3 Å². The molecule has 4 heteroatoms. The third kappa shape index (κ3) is 3.00. The smallest absolute Gasteiger partial charge is 0.120 e. The van der Waals surface area contributed by atoms with Crippen molar-refractivity contribution in [2.45, 2.75) is 19.4 Å². The minimum Gasteiger partial charge on any atom is -0.494 e. The quantitative estimate of drug-likeness (QED) is 0.929. The van der Waals surface area contributed by atoms with E-state index in [0.717, 1.165) is 28.8 Å². The van der Waals surface area contributed by atoms with E-state index < -0.39 is 6.10 Å². The van der Waals surface area contributed by atoms with Crippen LogP contribution in [0, 0.1) is 5.92 Å². The highest BCUT2D eigenvalue weighted by Crippen LogP contribution is 2.34. The molecule has 0 bridgehead atoms. The van der Waals surface area contributed by atoms with Crippen molar-refractivity contribution in [1.29, 1.82) is 0 Å². The highest BCUT2D eigenvalue weighted by Gasteiger charge is 2.26. The van der Waals surface area contributed by atoms with Gasteiger partial charge in [-0.05, 0) is 31.0 Å². The van der Waals surface area contributed by atoms with Gasteiger partial charge in [0.1, 0.15) is 5.75 Å². The van der Waals surface area contributed by atoms with Crippen LogP contribution in [0.3, 0.4) is 0 Å². The lowest BCUT2D eigenvalue weighted by molar-refractivity contribution is 0.0912. The molecule has 0 aliphatic carbocycles. The number of hydrogen-bond acceptors (Lipinski definition) is 3. The van der Waals surface area contributed by atoms with Crippen LogP contribution in [0.2, 0.25) is 0 Å². The molecule has 0 spiro atoms. The first kappa shape index (κ1) is 12.9. The summed E-state index contributed by atoms with van der Waals surface area (Å²) in [6, 6.07) is 5.71. The van der Waals surface area contributed by atoms with Crippen LogP contribution in [0.4, 0.5) is 0 Å². The second kappa shape index (κ2) is 5.85. The molecule has 0 saturated carbocycles. The molecule has 3 nitrogen and oxygen atoms in total. The fourth-order valence-electron chi connectivity index (χ4n) is 2.06. The molecule has 2 rings (SSSR count). The summed E-state index contributed by atoms with van der Waals surface area (Å²) in [5, 5.41) is 10.3. The van der Waals surface area contributed by atoms with Gasteiger partial charge in [-0.25, -0.2) is 0 Å². The molecule has 1 fully saturated rings. The van der Waals surface area contributed by atoms with Gasteiger partial charge in [-0.15, -0.1) is 0 Å². The molecule has 1 saturated heterocycles. The lowest BCUT2D eigenvalue weighted by Crippen LogP contribution is -2.13. The first-order valence-electron chi connectivity index (χ1n) is 5.90. The molecule has 1 aliphatic rings. The highest BCUT2D eigenvalue weighted by molar-refractivity contribution is 9.10. The molecule has 1 aliphatic heterocycles. The number of aliphatic hydroxyl groups is 1. The summed E-state index contributed by atoms with van der Waals surface area (Å²) in [6.07, 6.45) is 0.448. The lowest BCUT2D eigenvalue weighted by atomic mass is 9.95. The number of rotatable bonds is 4. The Morgan fingerprint density at radius 2 is 2.41 bits per heavy atom. The van der Waals surface area contributed by atoms with Crippen molar-refractivity contribution < 1.29 is 14.6 Å². The van der Waals surface area contributed by atoms with Crippen LogP contribution in [-0.4, -0.2) is 24.9 Å². The van der Waals surface area contributed by atoms with Crippen molar-refractivity contribution >= 4 is 15.9 Å². The Kier molecular flexibility index (Phi) is 4.42. The molecule has 0 amide bonds. The third-order valence-corrected chi connectivity index (χ3v) is 3.70. The van der Waals surface area contributed by atoms with Gasteiger partial charge in [0, 0.05) is 17.0 Å². The van der Waals surface area contributed by atoms with Crippen molar-refractivity contribution in [3.63, 3.8) is 0 Å². The van der Waals surface area contributed by atoms with Gasteiger partial charge in [0.15, 0.2) is 0 Å². The number of hydrogen-bond donors (Lipinski definition) is 1. The highest BCUT2D eigenvalue weighted by atomic mass is 79.9. The first-order chi connectivity index (χ1) is 8.22. The summed E-state index contributed by atoms with van der Waals surface area (Å²) < 4.78 is 11.6. The van der Waals surface area contributed by atoms with Crippen LogP contribution in [0.15, 0.2) is 22.7 Å². The largest absolute Gasteiger partial charge is 0.494 e. The second-order valence-electron chi connectivity index (χ2n) is 4.18. The second-order valence-corrected chi connectivity index (χ2v) is 5.04. The normalized spacial score (nSPS) is 21.5. The predicted molar refractivity (Wildman–Crippen MR) is 69.2 cm³/mol. The van der Waals surface area contributed by atoms with E-state index in [1.54, 1.807) is 0 Å². The van der Waals surface area contributed by atoms with E-state index in [2.05, 4.69) is 15.9 Å².